The number of nitrogens with zero attached hydrogens (tertiary/aromatic N) is 1. The molecule has 2 unspecified atom stereocenters. The number of benzene rings is 1. The second kappa shape index (κ2) is 7.49. The van der Waals surface area contributed by atoms with Crippen LogP contribution in [0.1, 0.15) is 18.5 Å². The number of rotatable bonds is 5. The molecule has 1 aromatic carbocycles. The highest BCUT2D eigenvalue weighted by Gasteiger charge is 2.23. The molecule has 0 radical (unpaired) electrons. The summed E-state index contributed by atoms with van der Waals surface area (Å²) in [5.74, 6) is -0.450. The molecule has 3 N–H and O–H groups in total. The van der Waals surface area contributed by atoms with E-state index in [1.165, 1.54) is 12.1 Å². The van der Waals surface area contributed by atoms with Gasteiger partial charge in [0.2, 0.25) is 5.91 Å². The van der Waals surface area contributed by atoms with E-state index in [1.807, 2.05) is 0 Å². The lowest BCUT2D eigenvalue weighted by Crippen LogP contribution is -2.46. The van der Waals surface area contributed by atoms with E-state index in [4.69, 9.17) is 10.5 Å². The van der Waals surface area contributed by atoms with Gasteiger partial charge in [-0.05, 0) is 24.6 Å². The molecule has 0 saturated carbocycles. The van der Waals surface area contributed by atoms with E-state index in [-0.39, 0.29) is 17.8 Å². The number of nitrogens with one attached hydrogen (secondary N) is 1. The van der Waals surface area contributed by atoms with Gasteiger partial charge in [-0.25, -0.2) is 4.39 Å². The Balaban J connectivity index is 2.09. The first-order valence-electron chi connectivity index (χ1n) is 7.18. The van der Waals surface area contributed by atoms with Crippen LogP contribution in [-0.2, 0) is 9.53 Å². The number of hydrogen-bond donors (Lipinski definition) is 2. The van der Waals surface area contributed by atoms with Gasteiger partial charge < -0.3 is 15.8 Å². The number of ether oxygens (including phenoxy) is 1. The molecule has 1 amide bonds. The fourth-order valence-corrected chi connectivity index (χ4v) is 2.39. The fourth-order valence-electron chi connectivity index (χ4n) is 2.39. The van der Waals surface area contributed by atoms with Gasteiger partial charge in [0.1, 0.15) is 5.82 Å². The highest BCUT2D eigenvalue weighted by atomic mass is 19.1. The average molecular weight is 295 g/mol. The smallest absolute Gasteiger partial charge is 0.236 e. The van der Waals surface area contributed by atoms with Crippen molar-refractivity contribution < 1.29 is 13.9 Å². The number of hydrogen-bond acceptors (Lipinski definition) is 4. The zero-order chi connectivity index (χ0) is 15.2. The number of morpholine rings is 1. The molecule has 21 heavy (non-hydrogen) atoms. The average Bonchev–Trinajstić information content (AvgIpc) is 2.50. The van der Waals surface area contributed by atoms with Crippen molar-refractivity contribution in [1.82, 2.24) is 10.2 Å². The minimum Gasteiger partial charge on any atom is -0.379 e. The molecule has 5 nitrogen and oxygen atoms in total. The Morgan fingerprint density at radius 2 is 2.00 bits per heavy atom. The molecule has 1 aliphatic rings. The second-order valence-corrected chi connectivity index (χ2v) is 5.25. The zero-order valence-corrected chi connectivity index (χ0v) is 12.2. The summed E-state index contributed by atoms with van der Waals surface area (Å²) in [6, 6.07) is 5.86. The molecule has 1 aliphatic heterocycles. The molecule has 0 aliphatic carbocycles. The lowest BCUT2D eigenvalue weighted by Gasteiger charge is -2.35. The summed E-state index contributed by atoms with van der Waals surface area (Å²) in [6.07, 6.45) is 0. The SMILES string of the molecule is CC(N)C(=O)NCC(c1ccc(F)cc1)N1CCOCC1. The van der Waals surface area contributed by atoms with Crippen LogP contribution in [0.5, 0.6) is 0 Å². The molecule has 0 aromatic heterocycles. The fraction of sp³-hybridized carbons (Fsp3) is 0.533. The Morgan fingerprint density at radius 1 is 1.38 bits per heavy atom. The van der Waals surface area contributed by atoms with Crippen LogP contribution in [0.2, 0.25) is 0 Å². The molecule has 116 valence electrons. The Hall–Kier alpha value is -1.50. The first kappa shape index (κ1) is 15.9. The molecule has 2 rings (SSSR count). The maximum absolute atomic E-state index is 13.1. The number of carbonyl (C=O) groups excluding carboxylic acids is 1. The van der Waals surface area contributed by atoms with Gasteiger partial charge in [-0.3, -0.25) is 9.69 Å². The molecule has 6 heteroatoms. The van der Waals surface area contributed by atoms with Crippen LogP contribution < -0.4 is 11.1 Å². The summed E-state index contributed by atoms with van der Waals surface area (Å²) in [6.45, 7) is 5.01. The lowest BCUT2D eigenvalue weighted by molar-refractivity contribution is -0.122. The van der Waals surface area contributed by atoms with Gasteiger partial charge >= 0.3 is 0 Å². The third-order valence-corrected chi connectivity index (χ3v) is 3.62. The van der Waals surface area contributed by atoms with Crippen molar-refractivity contribution in [2.45, 2.75) is 19.0 Å². The Labute approximate surface area is 124 Å². The van der Waals surface area contributed by atoms with Crippen LogP contribution in [0.4, 0.5) is 4.39 Å². The van der Waals surface area contributed by atoms with E-state index >= 15 is 0 Å². The number of carbonyl (C=O) groups is 1. The van der Waals surface area contributed by atoms with Crippen molar-refractivity contribution >= 4 is 5.91 Å². The summed E-state index contributed by atoms with van der Waals surface area (Å²) in [5, 5.41) is 2.85. The van der Waals surface area contributed by atoms with Crippen molar-refractivity contribution in [2.24, 2.45) is 5.73 Å². The summed E-state index contributed by atoms with van der Waals surface area (Å²) >= 11 is 0. The maximum atomic E-state index is 13.1. The van der Waals surface area contributed by atoms with Crippen LogP contribution in [0.25, 0.3) is 0 Å². The minimum absolute atomic E-state index is 0.00259. The minimum atomic E-state index is -0.538. The number of nitrogens with two attached hydrogens (primary N) is 1. The van der Waals surface area contributed by atoms with Crippen LogP contribution in [0.3, 0.4) is 0 Å². The molecule has 1 fully saturated rings. The van der Waals surface area contributed by atoms with Crippen LogP contribution >= 0.6 is 0 Å². The first-order chi connectivity index (χ1) is 10.1. The molecule has 1 aromatic rings. The standard InChI is InChI=1S/C15H22FN3O2/c1-11(17)15(20)18-10-14(19-6-8-21-9-7-19)12-2-4-13(16)5-3-12/h2-5,11,14H,6-10,17H2,1H3,(H,18,20). The summed E-state index contributed by atoms with van der Waals surface area (Å²) < 4.78 is 18.5. The topological polar surface area (TPSA) is 67.6 Å². The predicted molar refractivity (Wildman–Crippen MR) is 78.2 cm³/mol. The third-order valence-electron chi connectivity index (χ3n) is 3.62. The molecule has 0 spiro atoms. The van der Waals surface area contributed by atoms with Gasteiger partial charge in [-0.15, -0.1) is 0 Å². The third kappa shape index (κ3) is 4.49. The second-order valence-electron chi connectivity index (χ2n) is 5.25. The van der Waals surface area contributed by atoms with Crippen LogP contribution in [0.15, 0.2) is 24.3 Å². The van der Waals surface area contributed by atoms with E-state index in [0.29, 0.717) is 19.8 Å². The van der Waals surface area contributed by atoms with Crippen LogP contribution in [-0.4, -0.2) is 49.7 Å². The predicted octanol–water partition coefficient (Wildman–Crippen LogP) is 0.662. The molecule has 0 bridgehead atoms. The summed E-state index contributed by atoms with van der Waals surface area (Å²) in [4.78, 5) is 13.9. The first-order valence-corrected chi connectivity index (χ1v) is 7.18. The van der Waals surface area contributed by atoms with Gasteiger partial charge in [0.05, 0.1) is 25.3 Å². The quantitative estimate of drug-likeness (QED) is 0.837. The number of halogens is 1. The van der Waals surface area contributed by atoms with Crippen molar-refractivity contribution in [2.75, 3.05) is 32.8 Å². The maximum Gasteiger partial charge on any atom is 0.236 e. The van der Waals surface area contributed by atoms with Crippen LogP contribution in [0, 0.1) is 5.82 Å². The van der Waals surface area contributed by atoms with E-state index in [0.717, 1.165) is 18.7 Å². The van der Waals surface area contributed by atoms with E-state index < -0.39 is 6.04 Å². The Morgan fingerprint density at radius 3 is 2.57 bits per heavy atom. The highest BCUT2D eigenvalue weighted by molar-refractivity contribution is 5.80. The lowest BCUT2D eigenvalue weighted by atomic mass is 10.0. The van der Waals surface area contributed by atoms with Crippen molar-refractivity contribution in [3.05, 3.63) is 35.6 Å². The zero-order valence-electron chi connectivity index (χ0n) is 12.2. The van der Waals surface area contributed by atoms with E-state index in [9.17, 15) is 9.18 Å². The monoisotopic (exact) mass is 295 g/mol. The van der Waals surface area contributed by atoms with E-state index in [1.54, 1.807) is 19.1 Å². The van der Waals surface area contributed by atoms with Crippen molar-refractivity contribution in [3.8, 4) is 0 Å². The molecule has 2 atom stereocenters. The van der Waals surface area contributed by atoms with E-state index in [2.05, 4.69) is 10.2 Å². The summed E-state index contributed by atoms with van der Waals surface area (Å²) in [7, 11) is 0. The van der Waals surface area contributed by atoms with Gasteiger partial charge in [0, 0.05) is 19.6 Å². The van der Waals surface area contributed by atoms with Gasteiger partial charge in [0.15, 0.2) is 0 Å². The molecular weight excluding hydrogens is 273 g/mol. The normalized spacial score (nSPS) is 19.0. The summed E-state index contributed by atoms with van der Waals surface area (Å²) in [5.41, 5.74) is 6.54. The Kier molecular flexibility index (Phi) is 5.67. The Bertz CT molecular complexity index is 458. The highest BCUT2D eigenvalue weighted by Crippen LogP contribution is 2.21. The molecule has 1 heterocycles. The largest absolute Gasteiger partial charge is 0.379 e. The molecular formula is C15H22FN3O2. The van der Waals surface area contributed by atoms with Crippen molar-refractivity contribution in [1.29, 1.82) is 0 Å². The van der Waals surface area contributed by atoms with Gasteiger partial charge in [-0.2, -0.15) is 0 Å². The van der Waals surface area contributed by atoms with Crippen molar-refractivity contribution in [3.63, 3.8) is 0 Å². The molecule has 1 saturated heterocycles. The van der Waals surface area contributed by atoms with Gasteiger partial charge in [-0.1, -0.05) is 12.1 Å². The van der Waals surface area contributed by atoms with Gasteiger partial charge in [0.25, 0.3) is 0 Å². The number of amides is 1.